The van der Waals surface area contributed by atoms with E-state index in [0.29, 0.717) is 0 Å². The molecule has 1 fully saturated rings. The van der Waals surface area contributed by atoms with Crippen LogP contribution in [0.1, 0.15) is 5.56 Å². The van der Waals surface area contributed by atoms with Crippen LogP contribution >= 0.6 is 11.8 Å². The molecule has 0 bridgehead atoms. The molecule has 0 spiro atoms. The fourth-order valence-electron chi connectivity index (χ4n) is 1.49. The zero-order chi connectivity index (χ0) is 17.0. The second-order valence-corrected chi connectivity index (χ2v) is 4.98. The maximum absolute atomic E-state index is 12.3. The lowest BCUT2D eigenvalue weighted by Crippen LogP contribution is -2.19. The van der Waals surface area contributed by atoms with Crippen molar-refractivity contribution in [1.82, 2.24) is 5.32 Å². The van der Waals surface area contributed by atoms with E-state index in [0.717, 1.165) is 36.2 Å². The van der Waals surface area contributed by atoms with Crippen LogP contribution in [-0.4, -0.2) is 34.3 Å². The normalized spacial score (nSPS) is 16.8. The van der Waals surface area contributed by atoms with Crippen LogP contribution in [-0.2, 0) is 4.79 Å². The molecule has 0 aliphatic carbocycles. The fraction of sp³-hybridized carbons (Fsp3) is 0.182. The first-order valence-corrected chi connectivity index (χ1v) is 6.81. The molecule has 1 aromatic rings. The summed E-state index contributed by atoms with van der Waals surface area (Å²) in [4.78, 5) is 20.9. The number of non-ortho nitro benzene ring substituents is 1. The van der Waals surface area contributed by atoms with Crippen LogP contribution in [0.25, 0.3) is 0 Å². The summed E-state index contributed by atoms with van der Waals surface area (Å²) < 4.78 is 40.7. The molecule has 1 saturated heterocycles. The molecular weight excluding hydrogens is 341 g/mol. The van der Waals surface area contributed by atoms with Crippen LogP contribution in [0.15, 0.2) is 28.4 Å². The molecule has 0 atom stereocenters. The highest BCUT2D eigenvalue weighted by Gasteiger charge is 2.32. The zero-order valence-corrected chi connectivity index (χ0v) is 11.8. The highest BCUT2D eigenvalue weighted by Crippen LogP contribution is 2.28. The van der Waals surface area contributed by atoms with E-state index in [9.17, 15) is 28.1 Å². The van der Waals surface area contributed by atoms with Crippen molar-refractivity contribution in [2.75, 3.05) is 5.75 Å². The number of alkyl halides is 3. The Kier molecular flexibility index (Phi) is 4.83. The van der Waals surface area contributed by atoms with E-state index < -0.39 is 22.7 Å². The van der Waals surface area contributed by atoms with Crippen LogP contribution in [0.4, 0.5) is 18.9 Å². The lowest BCUT2D eigenvalue weighted by Gasteiger charge is -2.10. The summed E-state index contributed by atoms with van der Waals surface area (Å²) >= 11 is 1.06. The molecule has 0 unspecified atom stereocenters. The predicted octanol–water partition coefficient (Wildman–Crippen LogP) is 2.05. The van der Waals surface area contributed by atoms with Crippen molar-refractivity contribution in [3.05, 3.63) is 33.9 Å². The first-order chi connectivity index (χ1) is 10.7. The highest BCUT2D eigenvalue weighted by molar-refractivity contribution is 8.15. The average molecular weight is 348 g/mol. The Balaban J connectivity index is 2.27. The van der Waals surface area contributed by atoms with Gasteiger partial charge in [-0.25, -0.2) is 0 Å². The van der Waals surface area contributed by atoms with Gasteiger partial charge in [0.25, 0.3) is 5.69 Å². The van der Waals surface area contributed by atoms with Gasteiger partial charge in [-0.3, -0.25) is 14.9 Å². The molecule has 1 aromatic carbocycles. The highest BCUT2D eigenvalue weighted by atomic mass is 32.2. The van der Waals surface area contributed by atoms with Gasteiger partial charge in [0.15, 0.2) is 5.17 Å². The van der Waals surface area contributed by atoms with Crippen LogP contribution in [0.3, 0.4) is 0 Å². The number of carbonyl (C=O) groups is 1. The summed E-state index contributed by atoms with van der Waals surface area (Å²) in [5.41, 5.74) is -0.715. The van der Waals surface area contributed by atoms with E-state index >= 15 is 0 Å². The van der Waals surface area contributed by atoms with Gasteiger partial charge in [-0.15, -0.1) is 18.3 Å². The number of nitro groups is 1. The number of nitrogens with one attached hydrogen (secondary N) is 1. The molecule has 2 rings (SSSR count). The van der Waals surface area contributed by atoms with Crippen LogP contribution in [0.5, 0.6) is 5.75 Å². The van der Waals surface area contributed by atoms with Crippen LogP contribution in [0.2, 0.25) is 0 Å². The molecule has 0 aromatic heterocycles. The number of hydrogen-bond donors (Lipinski definition) is 1. The summed E-state index contributed by atoms with van der Waals surface area (Å²) in [6, 6.07) is 2.55. The number of rotatable bonds is 4. The number of carbonyl (C=O) groups excluding carboxylic acids is 1. The number of ether oxygens (including phenoxy) is 1. The third-order valence-corrected chi connectivity index (χ3v) is 3.23. The number of hydrogen-bond acceptors (Lipinski definition) is 7. The SMILES string of the molecule is O=C1CSC(=NN=Cc2cc([N+](=O)[O-])ccc2OC(F)(F)F)N1. The topological polar surface area (TPSA) is 106 Å². The molecule has 1 heterocycles. The number of amidine groups is 1. The Morgan fingerprint density at radius 2 is 2.17 bits per heavy atom. The number of nitro benzene ring substituents is 1. The first kappa shape index (κ1) is 16.7. The monoisotopic (exact) mass is 348 g/mol. The summed E-state index contributed by atoms with van der Waals surface area (Å²) in [6.07, 6.45) is -4.09. The van der Waals surface area contributed by atoms with Gasteiger partial charge in [-0.05, 0) is 6.07 Å². The zero-order valence-electron chi connectivity index (χ0n) is 11.0. The summed E-state index contributed by atoms with van der Waals surface area (Å²) in [5, 5.41) is 20.3. The average Bonchev–Trinajstić information content (AvgIpc) is 2.84. The van der Waals surface area contributed by atoms with Gasteiger partial charge in [0.05, 0.1) is 16.9 Å². The number of thioether (sulfide) groups is 1. The van der Waals surface area contributed by atoms with Crippen molar-refractivity contribution >= 4 is 34.7 Å². The van der Waals surface area contributed by atoms with E-state index in [4.69, 9.17) is 0 Å². The van der Waals surface area contributed by atoms with E-state index in [-0.39, 0.29) is 22.4 Å². The Labute approximate surface area is 130 Å². The molecule has 1 N–H and O–H groups in total. The summed E-state index contributed by atoms with van der Waals surface area (Å²) in [6.45, 7) is 0. The third-order valence-electron chi connectivity index (χ3n) is 2.36. The molecule has 8 nitrogen and oxygen atoms in total. The van der Waals surface area contributed by atoms with E-state index in [1.807, 2.05) is 0 Å². The van der Waals surface area contributed by atoms with Gasteiger partial charge < -0.3 is 10.1 Å². The van der Waals surface area contributed by atoms with Crippen molar-refractivity contribution in [3.8, 4) is 5.75 Å². The van der Waals surface area contributed by atoms with Crippen molar-refractivity contribution in [2.24, 2.45) is 10.2 Å². The smallest absolute Gasteiger partial charge is 0.405 e. The number of benzene rings is 1. The van der Waals surface area contributed by atoms with Gasteiger partial charge in [0.1, 0.15) is 5.75 Å². The van der Waals surface area contributed by atoms with E-state index in [1.165, 1.54) is 0 Å². The minimum Gasteiger partial charge on any atom is -0.405 e. The molecule has 23 heavy (non-hydrogen) atoms. The Morgan fingerprint density at radius 1 is 1.43 bits per heavy atom. The van der Waals surface area contributed by atoms with Gasteiger partial charge in [-0.2, -0.15) is 5.10 Å². The minimum atomic E-state index is -4.96. The van der Waals surface area contributed by atoms with Crippen LogP contribution in [0, 0.1) is 10.1 Å². The molecule has 12 heteroatoms. The van der Waals surface area contributed by atoms with Crippen molar-refractivity contribution in [1.29, 1.82) is 0 Å². The summed E-state index contributed by atoms with van der Waals surface area (Å²) in [7, 11) is 0. The Bertz CT molecular complexity index is 705. The lowest BCUT2D eigenvalue weighted by atomic mass is 10.2. The summed E-state index contributed by atoms with van der Waals surface area (Å²) in [5.74, 6) is -0.774. The number of nitrogens with zero attached hydrogens (tertiary/aromatic N) is 3. The van der Waals surface area contributed by atoms with E-state index in [2.05, 4.69) is 20.3 Å². The third kappa shape index (κ3) is 4.95. The maximum atomic E-state index is 12.3. The Hall–Kier alpha value is -2.63. The van der Waals surface area contributed by atoms with Gasteiger partial charge in [0.2, 0.25) is 5.91 Å². The van der Waals surface area contributed by atoms with E-state index in [1.54, 1.807) is 0 Å². The fourth-order valence-corrected chi connectivity index (χ4v) is 2.12. The molecule has 1 aliphatic rings. The quantitative estimate of drug-likeness (QED) is 0.509. The second kappa shape index (κ2) is 6.64. The molecule has 122 valence electrons. The molecule has 1 aliphatic heterocycles. The van der Waals surface area contributed by atoms with Crippen molar-refractivity contribution in [2.45, 2.75) is 6.36 Å². The van der Waals surface area contributed by atoms with Gasteiger partial charge in [0, 0.05) is 17.7 Å². The molecular formula is C11H7F3N4O4S. The Morgan fingerprint density at radius 3 is 2.74 bits per heavy atom. The number of halogens is 3. The first-order valence-electron chi connectivity index (χ1n) is 5.82. The minimum absolute atomic E-state index is 0.160. The van der Waals surface area contributed by atoms with Crippen LogP contribution < -0.4 is 10.1 Å². The van der Waals surface area contributed by atoms with Crippen molar-refractivity contribution in [3.63, 3.8) is 0 Å². The molecule has 0 radical (unpaired) electrons. The standard InChI is InChI=1S/C11H7F3N4O4S/c12-11(13,14)22-8-2-1-7(18(20)21)3-6(8)4-15-17-10-16-9(19)5-23-10/h1-4H,5H2,(H,16,17,19). The lowest BCUT2D eigenvalue weighted by molar-refractivity contribution is -0.385. The molecule has 0 saturated carbocycles. The van der Waals surface area contributed by atoms with Gasteiger partial charge in [-0.1, -0.05) is 11.8 Å². The predicted molar refractivity (Wildman–Crippen MR) is 75.4 cm³/mol. The van der Waals surface area contributed by atoms with Gasteiger partial charge >= 0.3 is 6.36 Å². The molecule has 1 amide bonds. The largest absolute Gasteiger partial charge is 0.573 e. The maximum Gasteiger partial charge on any atom is 0.573 e. The number of amides is 1. The van der Waals surface area contributed by atoms with Crippen molar-refractivity contribution < 1.29 is 27.6 Å². The second-order valence-electron chi connectivity index (χ2n) is 4.01.